The highest BCUT2D eigenvalue weighted by Crippen LogP contribution is 2.30. The maximum Gasteiger partial charge on any atom is 0.292 e. The zero-order valence-corrected chi connectivity index (χ0v) is 9.77. The second-order valence-electron chi connectivity index (χ2n) is 3.98. The van der Waals surface area contributed by atoms with Crippen LogP contribution in [0.25, 0.3) is 0 Å². The maximum absolute atomic E-state index is 10.8. The number of hydrogen-bond donors (Lipinski definition) is 2. The van der Waals surface area contributed by atoms with Crippen molar-refractivity contribution in [3.63, 3.8) is 0 Å². The van der Waals surface area contributed by atoms with Crippen molar-refractivity contribution in [3.8, 4) is 0 Å². The standard InChI is InChI=1S/C11H15N3O3/c1-3-11(2,13-7-15)8-4-5-9(12)10(6-8)14(16)17/h4-7H,3,12H2,1-2H3,(H,13,15). The zero-order chi connectivity index (χ0) is 13.1. The van der Waals surface area contributed by atoms with E-state index in [9.17, 15) is 14.9 Å². The Morgan fingerprint density at radius 1 is 1.59 bits per heavy atom. The quantitative estimate of drug-likeness (QED) is 0.351. The summed E-state index contributed by atoms with van der Waals surface area (Å²) in [6.07, 6.45) is 1.21. The summed E-state index contributed by atoms with van der Waals surface area (Å²) in [5.41, 5.74) is 5.52. The van der Waals surface area contributed by atoms with E-state index in [1.165, 1.54) is 12.1 Å². The Morgan fingerprint density at radius 2 is 2.24 bits per heavy atom. The Bertz CT molecular complexity index is 448. The molecule has 0 saturated carbocycles. The molecular formula is C11H15N3O3. The molecule has 1 atom stereocenters. The first-order valence-electron chi connectivity index (χ1n) is 5.20. The number of nitrogen functional groups attached to an aromatic ring is 1. The summed E-state index contributed by atoms with van der Waals surface area (Å²) < 4.78 is 0. The van der Waals surface area contributed by atoms with Crippen LogP contribution in [0.2, 0.25) is 0 Å². The molecule has 0 aliphatic heterocycles. The van der Waals surface area contributed by atoms with E-state index in [0.717, 1.165) is 0 Å². The minimum atomic E-state index is -0.625. The number of nitrogens with zero attached hydrogens (tertiary/aromatic N) is 1. The summed E-state index contributed by atoms with van der Waals surface area (Å²) in [6, 6.07) is 4.56. The van der Waals surface area contributed by atoms with E-state index < -0.39 is 10.5 Å². The molecule has 0 heterocycles. The van der Waals surface area contributed by atoms with Gasteiger partial charge >= 0.3 is 0 Å². The molecule has 1 aromatic rings. The zero-order valence-electron chi connectivity index (χ0n) is 9.77. The highest BCUT2D eigenvalue weighted by atomic mass is 16.6. The monoisotopic (exact) mass is 237 g/mol. The Hall–Kier alpha value is -2.11. The number of carbonyl (C=O) groups is 1. The summed E-state index contributed by atoms with van der Waals surface area (Å²) in [7, 11) is 0. The van der Waals surface area contributed by atoms with Gasteiger partial charge in [0, 0.05) is 6.07 Å². The molecule has 0 bridgehead atoms. The highest BCUT2D eigenvalue weighted by molar-refractivity contribution is 5.60. The van der Waals surface area contributed by atoms with Crippen LogP contribution >= 0.6 is 0 Å². The summed E-state index contributed by atoms with van der Waals surface area (Å²) in [4.78, 5) is 20.8. The van der Waals surface area contributed by atoms with Crippen LogP contribution in [0.5, 0.6) is 0 Å². The average Bonchev–Trinajstić information content (AvgIpc) is 2.29. The van der Waals surface area contributed by atoms with Crippen LogP contribution in [0.4, 0.5) is 11.4 Å². The molecule has 6 heteroatoms. The molecular weight excluding hydrogens is 222 g/mol. The van der Waals surface area contributed by atoms with Gasteiger partial charge in [0.15, 0.2) is 0 Å². The van der Waals surface area contributed by atoms with Crippen molar-refractivity contribution in [2.75, 3.05) is 5.73 Å². The molecule has 0 aliphatic rings. The number of nitrogens with one attached hydrogen (secondary N) is 1. The summed E-state index contributed by atoms with van der Waals surface area (Å²) >= 11 is 0. The Balaban J connectivity index is 3.26. The third kappa shape index (κ3) is 2.52. The summed E-state index contributed by atoms with van der Waals surface area (Å²) in [5, 5.41) is 13.4. The molecule has 0 aliphatic carbocycles. The predicted molar refractivity (Wildman–Crippen MR) is 64.4 cm³/mol. The van der Waals surface area contributed by atoms with E-state index in [4.69, 9.17) is 5.73 Å². The number of nitrogens with two attached hydrogens (primary N) is 1. The fourth-order valence-corrected chi connectivity index (χ4v) is 1.56. The minimum Gasteiger partial charge on any atom is -0.393 e. The van der Waals surface area contributed by atoms with Crippen LogP contribution in [0.3, 0.4) is 0 Å². The van der Waals surface area contributed by atoms with Crippen LogP contribution in [-0.4, -0.2) is 11.3 Å². The van der Waals surface area contributed by atoms with E-state index in [1.807, 2.05) is 6.92 Å². The fraction of sp³-hybridized carbons (Fsp3) is 0.364. The van der Waals surface area contributed by atoms with Gasteiger partial charge in [0.2, 0.25) is 6.41 Å². The number of benzene rings is 1. The molecule has 17 heavy (non-hydrogen) atoms. The van der Waals surface area contributed by atoms with Gasteiger partial charge in [0.25, 0.3) is 5.69 Å². The first-order chi connectivity index (χ1) is 7.94. The van der Waals surface area contributed by atoms with Gasteiger partial charge in [-0.25, -0.2) is 0 Å². The lowest BCUT2D eigenvalue weighted by Crippen LogP contribution is -2.38. The number of rotatable bonds is 5. The topological polar surface area (TPSA) is 98.3 Å². The third-order valence-electron chi connectivity index (χ3n) is 2.95. The van der Waals surface area contributed by atoms with Crippen molar-refractivity contribution >= 4 is 17.8 Å². The van der Waals surface area contributed by atoms with Crippen molar-refractivity contribution in [3.05, 3.63) is 33.9 Å². The first-order valence-corrected chi connectivity index (χ1v) is 5.20. The molecule has 1 unspecified atom stereocenters. The second-order valence-corrected chi connectivity index (χ2v) is 3.98. The van der Waals surface area contributed by atoms with Crippen molar-refractivity contribution in [2.45, 2.75) is 25.8 Å². The number of carbonyl (C=O) groups excluding carboxylic acids is 1. The van der Waals surface area contributed by atoms with Gasteiger partial charge in [0.1, 0.15) is 5.69 Å². The average molecular weight is 237 g/mol. The van der Waals surface area contributed by atoms with Crippen LogP contribution in [0.15, 0.2) is 18.2 Å². The van der Waals surface area contributed by atoms with E-state index in [2.05, 4.69) is 5.32 Å². The van der Waals surface area contributed by atoms with Gasteiger partial charge in [-0.1, -0.05) is 13.0 Å². The molecule has 1 amide bonds. The molecule has 92 valence electrons. The molecule has 1 aromatic carbocycles. The predicted octanol–water partition coefficient (Wildman–Crippen LogP) is 1.55. The molecule has 0 fully saturated rings. The van der Waals surface area contributed by atoms with Crippen molar-refractivity contribution in [1.82, 2.24) is 5.32 Å². The molecule has 0 radical (unpaired) electrons. The lowest BCUT2D eigenvalue weighted by molar-refractivity contribution is -0.384. The lowest BCUT2D eigenvalue weighted by Gasteiger charge is -2.28. The molecule has 0 spiro atoms. The Labute approximate surface area is 99.0 Å². The second kappa shape index (κ2) is 4.82. The Kier molecular flexibility index (Phi) is 3.67. The van der Waals surface area contributed by atoms with Crippen molar-refractivity contribution < 1.29 is 9.72 Å². The summed E-state index contributed by atoms with van der Waals surface area (Å²) in [6.45, 7) is 3.69. The molecule has 3 N–H and O–H groups in total. The SMILES string of the molecule is CCC(C)(NC=O)c1ccc(N)c([N+](=O)[O-])c1. The van der Waals surface area contributed by atoms with Crippen molar-refractivity contribution in [1.29, 1.82) is 0 Å². The van der Waals surface area contributed by atoms with E-state index in [-0.39, 0.29) is 11.4 Å². The summed E-state index contributed by atoms with van der Waals surface area (Å²) in [5.74, 6) is 0. The van der Waals surface area contributed by atoms with Gasteiger partial charge in [-0.05, 0) is 25.0 Å². The van der Waals surface area contributed by atoms with Gasteiger partial charge in [0.05, 0.1) is 10.5 Å². The van der Waals surface area contributed by atoms with E-state index in [0.29, 0.717) is 18.4 Å². The normalized spacial score (nSPS) is 13.8. The minimum absolute atomic E-state index is 0.114. The molecule has 0 saturated heterocycles. The third-order valence-corrected chi connectivity index (χ3v) is 2.95. The highest BCUT2D eigenvalue weighted by Gasteiger charge is 2.26. The van der Waals surface area contributed by atoms with Crippen LogP contribution in [0, 0.1) is 10.1 Å². The van der Waals surface area contributed by atoms with Crippen LogP contribution in [0.1, 0.15) is 25.8 Å². The lowest BCUT2D eigenvalue weighted by atomic mass is 9.89. The van der Waals surface area contributed by atoms with Crippen molar-refractivity contribution in [2.24, 2.45) is 0 Å². The Morgan fingerprint density at radius 3 is 2.71 bits per heavy atom. The van der Waals surface area contributed by atoms with Crippen LogP contribution < -0.4 is 11.1 Å². The van der Waals surface area contributed by atoms with Crippen LogP contribution in [-0.2, 0) is 10.3 Å². The molecule has 1 rings (SSSR count). The fourth-order valence-electron chi connectivity index (χ4n) is 1.56. The molecule has 0 aromatic heterocycles. The molecule has 6 nitrogen and oxygen atoms in total. The van der Waals surface area contributed by atoms with Gasteiger partial charge in [-0.2, -0.15) is 0 Å². The first kappa shape index (κ1) is 13.0. The number of anilines is 1. The van der Waals surface area contributed by atoms with E-state index in [1.54, 1.807) is 13.0 Å². The number of nitro groups is 1. The number of hydrogen-bond acceptors (Lipinski definition) is 4. The number of nitro benzene ring substituents is 1. The van der Waals surface area contributed by atoms with Gasteiger partial charge in [-0.15, -0.1) is 0 Å². The van der Waals surface area contributed by atoms with E-state index >= 15 is 0 Å². The largest absolute Gasteiger partial charge is 0.393 e. The smallest absolute Gasteiger partial charge is 0.292 e. The maximum atomic E-state index is 10.8. The number of amides is 1. The van der Waals surface area contributed by atoms with Gasteiger partial charge in [-0.3, -0.25) is 14.9 Å². The van der Waals surface area contributed by atoms with Gasteiger partial charge < -0.3 is 11.1 Å².